The Bertz CT molecular complexity index is 241. The molecule has 6 nitrogen and oxygen atoms in total. The zero-order valence-electron chi connectivity index (χ0n) is 7.06. The van der Waals surface area contributed by atoms with E-state index >= 15 is 0 Å². The normalized spacial score (nSPS) is 21.1. The van der Waals surface area contributed by atoms with Crippen LogP contribution in [0, 0.1) is 0 Å². The van der Waals surface area contributed by atoms with Gasteiger partial charge in [0.2, 0.25) is 5.90 Å². The standard InChI is InChI=1S/C7H10N2O4/c10-7-9(2-4-11-7)5-12-6-1-3-13-8-6/h1-5H2. The fourth-order valence-corrected chi connectivity index (χ4v) is 1.09. The molecule has 0 aromatic heterocycles. The summed E-state index contributed by atoms with van der Waals surface area (Å²) in [5.41, 5.74) is 0. The Balaban J connectivity index is 1.75. The van der Waals surface area contributed by atoms with Crippen LogP contribution in [0.2, 0.25) is 0 Å². The van der Waals surface area contributed by atoms with E-state index in [9.17, 15) is 4.79 Å². The first kappa shape index (κ1) is 8.15. The minimum Gasteiger partial charge on any atom is -0.457 e. The first-order chi connectivity index (χ1) is 6.36. The van der Waals surface area contributed by atoms with Gasteiger partial charge in [-0.15, -0.1) is 0 Å². The van der Waals surface area contributed by atoms with E-state index < -0.39 is 0 Å². The molecule has 2 aliphatic heterocycles. The van der Waals surface area contributed by atoms with Gasteiger partial charge in [0.05, 0.1) is 13.0 Å². The lowest BCUT2D eigenvalue weighted by Gasteiger charge is -2.12. The van der Waals surface area contributed by atoms with Gasteiger partial charge in [-0.3, -0.25) is 4.90 Å². The highest BCUT2D eigenvalue weighted by Gasteiger charge is 2.23. The highest BCUT2D eigenvalue weighted by molar-refractivity contribution is 5.77. The molecule has 0 N–H and O–H groups in total. The van der Waals surface area contributed by atoms with E-state index in [0.29, 0.717) is 32.1 Å². The lowest BCUT2D eigenvalue weighted by Crippen LogP contribution is -2.28. The highest BCUT2D eigenvalue weighted by atomic mass is 16.7. The molecule has 0 aliphatic carbocycles. The van der Waals surface area contributed by atoms with Crippen LogP contribution < -0.4 is 0 Å². The third-order valence-electron chi connectivity index (χ3n) is 1.81. The molecule has 0 bridgehead atoms. The predicted octanol–water partition coefficient (Wildman–Crippen LogP) is 0.147. The van der Waals surface area contributed by atoms with Crippen molar-refractivity contribution in [3.8, 4) is 0 Å². The van der Waals surface area contributed by atoms with Crippen LogP contribution in [0.3, 0.4) is 0 Å². The molecule has 72 valence electrons. The second kappa shape index (κ2) is 3.51. The number of oxime groups is 1. The van der Waals surface area contributed by atoms with Gasteiger partial charge in [-0.2, -0.15) is 0 Å². The van der Waals surface area contributed by atoms with Crippen molar-refractivity contribution in [1.29, 1.82) is 0 Å². The number of carbonyl (C=O) groups is 1. The summed E-state index contributed by atoms with van der Waals surface area (Å²) in [4.78, 5) is 17.1. The van der Waals surface area contributed by atoms with Gasteiger partial charge in [-0.1, -0.05) is 5.16 Å². The minimum atomic E-state index is -0.334. The number of rotatable bonds is 2. The Morgan fingerprint density at radius 1 is 1.54 bits per heavy atom. The van der Waals surface area contributed by atoms with Gasteiger partial charge in [0.1, 0.15) is 13.2 Å². The molecule has 1 amide bonds. The van der Waals surface area contributed by atoms with Crippen molar-refractivity contribution in [3.63, 3.8) is 0 Å². The van der Waals surface area contributed by atoms with Crippen LogP contribution in [-0.2, 0) is 14.3 Å². The summed E-state index contributed by atoms with van der Waals surface area (Å²) in [6, 6.07) is 0. The van der Waals surface area contributed by atoms with E-state index in [0.717, 1.165) is 0 Å². The zero-order valence-corrected chi connectivity index (χ0v) is 7.06. The number of hydrogen-bond donors (Lipinski definition) is 0. The van der Waals surface area contributed by atoms with Crippen molar-refractivity contribution in [2.24, 2.45) is 5.16 Å². The smallest absolute Gasteiger partial charge is 0.412 e. The second-order valence-electron chi connectivity index (χ2n) is 2.72. The fourth-order valence-electron chi connectivity index (χ4n) is 1.09. The molecule has 6 heteroatoms. The summed E-state index contributed by atoms with van der Waals surface area (Å²) in [6.07, 6.45) is 0.336. The van der Waals surface area contributed by atoms with E-state index in [4.69, 9.17) is 14.3 Å². The average molecular weight is 186 g/mol. The minimum absolute atomic E-state index is 0.195. The summed E-state index contributed by atoms with van der Waals surface area (Å²) < 4.78 is 9.92. The summed E-state index contributed by atoms with van der Waals surface area (Å²) in [6.45, 7) is 1.76. The number of amides is 1. The maximum Gasteiger partial charge on any atom is 0.412 e. The summed E-state index contributed by atoms with van der Waals surface area (Å²) >= 11 is 0. The van der Waals surface area contributed by atoms with Crippen LogP contribution >= 0.6 is 0 Å². The van der Waals surface area contributed by atoms with Crippen LogP contribution in [0.1, 0.15) is 6.42 Å². The molecule has 0 atom stereocenters. The van der Waals surface area contributed by atoms with E-state index in [-0.39, 0.29) is 12.8 Å². The molecular weight excluding hydrogens is 176 g/mol. The molecule has 0 radical (unpaired) electrons. The van der Waals surface area contributed by atoms with E-state index in [1.807, 2.05) is 0 Å². The van der Waals surface area contributed by atoms with E-state index in [2.05, 4.69) is 5.16 Å². The van der Waals surface area contributed by atoms with Gasteiger partial charge in [0.25, 0.3) is 0 Å². The lowest BCUT2D eigenvalue weighted by molar-refractivity contribution is 0.121. The molecule has 13 heavy (non-hydrogen) atoms. The molecule has 0 unspecified atom stereocenters. The molecule has 1 fully saturated rings. The van der Waals surface area contributed by atoms with Crippen molar-refractivity contribution in [2.45, 2.75) is 6.42 Å². The van der Waals surface area contributed by atoms with Crippen LogP contribution in [0.15, 0.2) is 5.16 Å². The van der Waals surface area contributed by atoms with Gasteiger partial charge < -0.3 is 14.3 Å². The van der Waals surface area contributed by atoms with Crippen molar-refractivity contribution in [2.75, 3.05) is 26.5 Å². The Hall–Kier alpha value is -1.46. The maximum atomic E-state index is 10.9. The van der Waals surface area contributed by atoms with Crippen molar-refractivity contribution in [3.05, 3.63) is 0 Å². The zero-order chi connectivity index (χ0) is 9.10. The van der Waals surface area contributed by atoms with Crippen LogP contribution in [0.5, 0.6) is 0 Å². The first-order valence-corrected chi connectivity index (χ1v) is 4.09. The van der Waals surface area contributed by atoms with Gasteiger partial charge in [0, 0.05) is 0 Å². The maximum absolute atomic E-state index is 10.9. The van der Waals surface area contributed by atoms with Gasteiger partial charge in [-0.05, 0) is 0 Å². The van der Waals surface area contributed by atoms with E-state index in [1.54, 1.807) is 0 Å². The van der Waals surface area contributed by atoms with Crippen molar-refractivity contribution < 1.29 is 19.1 Å². The van der Waals surface area contributed by atoms with Crippen LogP contribution in [-0.4, -0.2) is 43.4 Å². The van der Waals surface area contributed by atoms with Crippen LogP contribution in [0.4, 0.5) is 4.79 Å². The number of hydrogen-bond acceptors (Lipinski definition) is 5. The fraction of sp³-hybridized carbons (Fsp3) is 0.714. The molecule has 0 spiro atoms. The Labute approximate surface area is 75.0 Å². The third kappa shape index (κ3) is 1.82. The highest BCUT2D eigenvalue weighted by Crippen LogP contribution is 2.06. The predicted molar refractivity (Wildman–Crippen MR) is 42.0 cm³/mol. The lowest BCUT2D eigenvalue weighted by atomic mass is 10.5. The summed E-state index contributed by atoms with van der Waals surface area (Å²) in [5, 5.41) is 3.64. The van der Waals surface area contributed by atoms with Gasteiger partial charge in [0.15, 0.2) is 6.73 Å². The van der Waals surface area contributed by atoms with E-state index in [1.165, 1.54) is 4.90 Å². The summed E-state index contributed by atoms with van der Waals surface area (Å²) in [7, 11) is 0. The largest absolute Gasteiger partial charge is 0.457 e. The molecule has 2 aliphatic rings. The number of nitrogens with zero attached hydrogens (tertiary/aromatic N) is 2. The van der Waals surface area contributed by atoms with Gasteiger partial charge >= 0.3 is 6.09 Å². The molecule has 1 saturated heterocycles. The summed E-state index contributed by atoms with van der Waals surface area (Å²) in [5.74, 6) is 0.541. The topological polar surface area (TPSA) is 60.4 Å². The number of cyclic esters (lactones) is 1. The van der Waals surface area contributed by atoms with Crippen molar-refractivity contribution in [1.82, 2.24) is 4.90 Å². The van der Waals surface area contributed by atoms with Crippen molar-refractivity contribution >= 4 is 12.0 Å². The molecule has 2 heterocycles. The second-order valence-corrected chi connectivity index (χ2v) is 2.72. The monoisotopic (exact) mass is 186 g/mol. The molecular formula is C7H10N2O4. The molecule has 2 rings (SSSR count). The van der Waals surface area contributed by atoms with Crippen LogP contribution in [0.25, 0.3) is 0 Å². The van der Waals surface area contributed by atoms with Gasteiger partial charge in [-0.25, -0.2) is 4.79 Å². The number of carbonyl (C=O) groups excluding carboxylic acids is 1. The molecule has 0 aromatic rings. The third-order valence-corrected chi connectivity index (χ3v) is 1.81. The molecule has 0 aromatic carbocycles. The quantitative estimate of drug-likeness (QED) is 0.615. The number of ether oxygens (including phenoxy) is 2. The Morgan fingerprint density at radius 3 is 3.08 bits per heavy atom. The average Bonchev–Trinajstić information content (AvgIpc) is 2.72. The Morgan fingerprint density at radius 2 is 2.46 bits per heavy atom. The Kier molecular flexibility index (Phi) is 2.20. The molecule has 0 saturated carbocycles. The SMILES string of the molecule is O=C1OCCN1COC1=NOCC1. The first-order valence-electron chi connectivity index (χ1n) is 4.09.